The number of pyridine rings is 2. The average molecular weight is 352 g/mol. The number of sulfonamides is 1. The van der Waals surface area contributed by atoms with E-state index in [2.05, 4.69) is 19.7 Å². The zero-order chi connectivity index (χ0) is 17.3. The second kappa shape index (κ2) is 6.27. The molecule has 25 heavy (non-hydrogen) atoms. The highest BCUT2D eigenvalue weighted by atomic mass is 32.2. The van der Waals surface area contributed by atoms with Gasteiger partial charge in [-0.1, -0.05) is 18.2 Å². The van der Waals surface area contributed by atoms with E-state index < -0.39 is 10.0 Å². The number of nitrogens with zero attached hydrogens (tertiary/aromatic N) is 2. The van der Waals surface area contributed by atoms with Crippen LogP contribution >= 0.6 is 0 Å². The van der Waals surface area contributed by atoms with Crippen molar-refractivity contribution in [2.75, 3.05) is 6.54 Å². The molecule has 0 aliphatic carbocycles. The Morgan fingerprint density at radius 3 is 2.72 bits per heavy atom. The first kappa shape index (κ1) is 15.7. The van der Waals surface area contributed by atoms with E-state index >= 15 is 0 Å². The second-order valence-electron chi connectivity index (χ2n) is 5.69. The van der Waals surface area contributed by atoms with Gasteiger partial charge in [-0.25, -0.2) is 18.1 Å². The van der Waals surface area contributed by atoms with Crippen LogP contribution in [0.15, 0.2) is 66.0 Å². The number of fused-ring (bicyclic) bond motifs is 2. The molecule has 0 aliphatic heterocycles. The van der Waals surface area contributed by atoms with Crippen LogP contribution in [0.2, 0.25) is 0 Å². The molecule has 0 fully saturated rings. The summed E-state index contributed by atoms with van der Waals surface area (Å²) in [6.07, 6.45) is 5.76. The summed E-state index contributed by atoms with van der Waals surface area (Å²) in [6.45, 7) is 0.299. The van der Waals surface area contributed by atoms with Crippen LogP contribution in [0, 0.1) is 0 Å². The highest BCUT2D eigenvalue weighted by Crippen LogP contribution is 2.21. The second-order valence-corrected chi connectivity index (χ2v) is 7.43. The van der Waals surface area contributed by atoms with Crippen LogP contribution in [0.1, 0.15) is 5.56 Å². The number of benzene rings is 1. The molecule has 0 aliphatic rings. The maximum atomic E-state index is 12.7. The van der Waals surface area contributed by atoms with Crippen molar-refractivity contribution >= 4 is 32.0 Å². The van der Waals surface area contributed by atoms with Gasteiger partial charge in [0.25, 0.3) is 0 Å². The maximum absolute atomic E-state index is 12.7. The van der Waals surface area contributed by atoms with Crippen molar-refractivity contribution in [3.63, 3.8) is 0 Å². The molecule has 0 bridgehead atoms. The Hall–Kier alpha value is -2.77. The van der Waals surface area contributed by atoms with Crippen LogP contribution in [0.4, 0.5) is 0 Å². The molecule has 0 saturated carbocycles. The lowest BCUT2D eigenvalue weighted by molar-refractivity contribution is 0.582. The first-order valence-corrected chi connectivity index (χ1v) is 9.38. The Morgan fingerprint density at radius 1 is 1.00 bits per heavy atom. The van der Waals surface area contributed by atoms with Crippen molar-refractivity contribution in [2.45, 2.75) is 11.3 Å². The molecule has 4 aromatic rings. The molecule has 2 N–H and O–H groups in total. The summed E-state index contributed by atoms with van der Waals surface area (Å²) >= 11 is 0. The van der Waals surface area contributed by atoms with Gasteiger partial charge in [0.05, 0.1) is 5.52 Å². The minimum absolute atomic E-state index is 0.200. The van der Waals surface area contributed by atoms with Crippen molar-refractivity contribution in [1.29, 1.82) is 0 Å². The number of hydrogen-bond acceptors (Lipinski definition) is 4. The van der Waals surface area contributed by atoms with Gasteiger partial charge in [-0.3, -0.25) is 4.98 Å². The van der Waals surface area contributed by atoms with Gasteiger partial charge in [0.15, 0.2) is 0 Å². The molecule has 4 rings (SSSR count). The highest BCUT2D eigenvalue weighted by molar-refractivity contribution is 7.89. The lowest BCUT2D eigenvalue weighted by atomic mass is 10.2. The Bertz CT molecular complexity index is 1150. The van der Waals surface area contributed by atoms with E-state index in [9.17, 15) is 8.42 Å². The molecule has 0 amide bonds. The van der Waals surface area contributed by atoms with Crippen LogP contribution in [-0.2, 0) is 16.4 Å². The van der Waals surface area contributed by atoms with Crippen molar-refractivity contribution in [3.8, 4) is 0 Å². The van der Waals surface area contributed by atoms with Crippen molar-refractivity contribution in [3.05, 3.63) is 66.6 Å². The standard InChI is InChI=1S/C18H16N4O2S/c23-25(24,16-7-1-4-13-5-2-9-19-17(13)16)22-11-8-14-12-21-18-15(14)6-3-10-20-18/h1-7,9-10,12,22H,8,11H2,(H,20,21). The fraction of sp³-hybridized carbons (Fsp3) is 0.111. The largest absolute Gasteiger partial charge is 0.346 e. The molecular weight excluding hydrogens is 336 g/mol. The van der Waals surface area contributed by atoms with Gasteiger partial charge >= 0.3 is 0 Å². The van der Waals surface area contributed by atoms with Gasteiger partial charge < -0.3 is 4.98 Å². The predicted molar refractivity (Wildman–Crippen MR) is 96.7 cm³/mol. The van der Waals surface area contributed by atoms with E-state index in [1.807, 2.05) is 30.5 Å². The molecule has 3 heterocycles. The Balaban J connectivity index is 1.55. The van der Waals surface area contributed by atoms with E-state index in [4.69, 9.17) is 0 Å². The molecule has 1 aromatic carbocycles. The van der Waals surface area contributed by atoms with Crippen LogP contribution in [0.3, 0.4) is 0 Å². The summed E-state index contributed by atoms with van der Waals surface area (Å²) in [6, 6.07) is 12.6. The number of para-hydroxylation sites is 1. The molecule has 6 nitrogen and oxygen atoms in total. The van der Waals surface area contributed by atoms with Gasteiger partial charge in [-0.15, -0.1) is 0 Å². The first-order valence-electron chi connectivity index (χ1n) is 7.89. The van der Waals surface area contributed by atoms with Gasteiger partial charge in [0.2, 0.25) is 10.0 Å². The lowest BCUT2D eigenvalue weighted by Crippen LogP contribution is -2.26. The molecule has 0 spiro atoms. The fourth-order valence-corrected chi connectivity index (χ4v) is 4.12. The highest BCUT2D eigenvalue weighted by Gasteiger charge is 2.17. The Morgan fingerprint density at radius 2 is 1.80 bits per heavy atom. The molecular formula is C18H16N4O2S. The summed E-state index contributed by atoms with van der Waals surface area (Å²) in [4.78, 5) is 11.7. The smallest absolute Gasteiger partial charge is 0.242 e. The number of aromatic amines is 1. The number of nitrogens with one attached hydrogen (secondary N) is 2. The number of H-pyrrole nitrogens is 1. The SMILES string of the molecule is O=S(=O)(NCCc1c[nH]c2ncccc12)c1cccc2cccnc12. The molecule has 0 unspecified atom stereocenters. The first-order chi connectivity index (χ1) is 12.1. The minimum Gasteiger partial charge on any atom is -0.346 e. The molecule has 0 saturated heterocycles. The summed E-state index contributed by atoms with van der Waals surface area (Å²) in [7, 11) is -3.63. The number of hydrogen-bond donors (Lipinski definition) is 2. The molecule has 126 valence electrons. The average Bonchev–Trinajstić information content (AvgIpc) is 3.04. The van der Waals surface area contributed by atoms with Gasteiger partial charge in [0.1, 0.15) is 10.5 Å². The predicted octanol–water partition coefficient (Wildman–Crippen LogP) is 2.63. The third kappa shape index (κ3) is 2.99. The van der Waals surface area contributed by atoms with Gasteiger partial charge in [-0.2, -0.15) is 0 Å². The monoisotopic (exact) mass is 352 g/mol. The zero-order valence-corrected chi connectivity index (χ0v) is 14.1. The van der Waals surface area contributed by atoms with E-state index in [1.165, 1.54) is 0 Å². The summed E-state index contributed by atoms with van der Waals surface area (Å²) in [5.74, 6) is 0. The lowest BCUT2D eigenvalue weighted by Gasteiger charge is -2.08. The number of aromatic nitrogens is 3. The minimum atomic E-state index is -3.63. The van der Waals surface area contributed by atoms with E-state index in [0.29, 0.717) is 18.5 Å². The number of rotatable bonds is 5. The Labute approximate surface area is 145 Å². The zero-order valence-electron chi connectivity index (χ0n) is 13.3. The summed E-state index contributed by atoms with van der Waals surface area (Å²) in [5, 5.41) is 1.81. The van der Waals surface area contributed by atoms with Crippen LogP contribution in [-0.4, -0.2) is 29.9 Å². The van der Waals surface area contributed by atoms with Crippen molar-refractivity contribution in [1.82, 2.24) is 19.7 Å². The van der Waals surface area contributed by atoms with Crippen LogP contribution < -0.4 is 4.72 Å². The molecule has 3 aromatic heterocycles. The van der Waals surface area contributed by atoms with Crippen molar-refractivity contribution < 1.29 is 8.42 Å². The fourth-order valence-electron chi connectivity index (χ4n) is 2.91. The van der Waals surface area contributed by atoms with Crippen LogP contribution in [0.25, 0.3) is 21.9 Å². The Kier molecular flexibility index (Phi) is 3.95. The normalized spacial score (nSPS) is 12.0. The van der Waals surface area contributed by atoms with Crippen molar-refractivity contribution in [2.24, 2.45) is 0 Å². The van der Waals surface area contributed by atoms with Gasteiger partial charge in [0, 0.05) is 35.9 Å². The molecule has 7 heteroatoms. The summed E-state index contributed by atoms with van der Waals surface area (Å²) in [5.41, 5.74) is 2.31. The maximum Gasteiger partial charge on any atom is 0.242 e. The van der Waals surface area contributed by atoms with Crippen LogP contribution in [0.5, 0.6) is 0 Å². The quantitative estimate of drug-likeness (QED) is 0.578. The molecule has 0 radical (unpaired) electrons. The van der Waals surface area contributed by atoms with E-state index in [1.54, 1.807) is 30.6 Å². The third-order valence-electron chi connectivity index (χ3n) is 4.11. The van der Waals surface area contributed by atoms with E-state index in [0.717, 1.165) is 22.0 Å². The third-order valence-corrected chi connectivity index (χ3v) is 5.60. The van der Waals surface area contributed by atoms with Gasteiger partial charge in [-0.05, 0) is 36.2 Å². The topological polar surface area (TPSA) is 87.7 Å². The summed E-state index contributed by atoms with van der Waals surface area (Å²) < 4.78 is 28.0. The molecule has 0 atom stereocenters. The van der Waals surface area contributed by atoms with E-state index in [-0.39, 0.29) is 4.90 Å².